The molecule has 348 valence electrons. The van der Waals surface area contributed by atoms with Gasteiger partial charge in [0.25, 0.3) is 7.82 Å². The molecule has 0 fully saturated rings. The van der Waals surface area contributed by atoms with Gasteiger partial charge in [0.1, 0.15) is 19.8 Å². The average molecular weight is 856 g/mol. The predicted molar refractivity (Wildman–Crippen MR) is 245 cm³/mol. The summed E-state index contributed by atoms with van der Waals surface area (Å²) in [6, 6.07) is 0. The minimum absolute atomic E-state index is 0.0317. The van der Waals surface area contributed by atoms with Crippen molar-refractivity contribution in [1.82, 2.24) is 0 Å². The average Bonchev–Trinajstić information content (AvgIpc) is 3.19. The Balaban J connectivity index is 4.27. The van der Waals surface area contributed by atoms with Crippen molar-refractivity contribution in [1.29, 1.82) is 0 Å². The molecule has 0 aliphatic heterocycles. The molecular formula is C49H94NO8P. The van der Waals surface area contributed by atoms with E-state index in [1.54, 1.807) is 0 Å². The number of phosphoric ester groups is 1. The normalized spacial score (nSPS) is 13.7. The van der Waals surface area contributed by atoms with Crippen LogP contribution in [-0.4, -0.2) is 70.0 Å². The number of phosphoric acid groups is 1. The van der Waals surface area contributed by atoms with Crippen LogP contribution in [0, 0.1) is 0 Å². The molecule has 0 saturated heterocycles. The molecule has 0 saturated carbocycles. The fourth-order valence-electron chi connectivity index (χ4n) is 6.86. The number of carbonyl (C=O) groups is 2. The first-order chi connectivity index (χ1) is 28.5. The van der Waals surface area contributed by atoms with Crippen molar-refractivity contribution >= 4 is 19.8 Å². The van der Waals surface area contributed by atoms with Crippen molar-refractivity contribution in [3.8, 4) is 0 Å². The van der Waals surface area contributed by atoms with E-state index in [0.717, 1.165) is 57.8 Å². The smallest absolute Gasteiger partial charge is 0.306 e. The van der Waals surface area contributed by atoms with E-state index < -0.39 is 26.5 Å². The van der Waals surface area contributed by atoms with E-state index in [9.17, 15) is 19.0 Å². The summed E-state index contributed by atoms with van der Waals surface area (Å²) in [5, 5.41) is 0. The van der Waals surface area contributed by atoms with Crippen LogP contribution in [0.4, 0.5) is 0 Å². The van der Waals surface area contributed by atoms with Crippen LogP contribution < -0.4 is 4.89 Å². The SMILES string of the molecule is CCCCCC/C=C\C/C=C\CCCCCCCC(=O)OC(COC(=O)CCCCCCCCCCCCCCCCCCCCC)COP(=O)([O-])OCC[N+](C)(C)C. The van der Waals surface area contributed by atoms with E-state index in [0.29, 0.717) is 17.4 Å². The molecular weight excluding hydrogens is 762 g/mol. The van der Waals surface area contributed by atoms with Crippen LogP contribution in [0.1, 0.15) is 226 Å². The number of unbranched alkanes of at least 4 members (excludes halogenated alkanes) is 27. The third kappa shape index (κ3) is 45.8. The molecule has 0 bridgehead atoms. The lowest BCUT2D eigenvalue weighted by atomic mass is 10.0. The maximum Gasteiger partial charge on any atom is 0.306 e. The Hall–Kier alpha value is -1.51. The van der Waals surface area contributed by atoms with Gasteiger partial charge in [-0.25, -0.2) is 0 Å². The molecule has 9 nitrogen and oxygen atoms in total. The molecule has 59 heavy (non-hydrogen) atoms. The molecule has 0 aromatic carbocycles. The summed E-state index contributed by atoms with van der Waals surface area (Å²) in [6.45, 7) is 4.23. The molecule has 0 aliphatic carbocycles. The Kier molecular flexibility index (Phi) is 40.8. The molecule has 0 rings (SSSR count). The highest BCUT2D eigenvalue weighted by Gasteiger charge is 2.21. The summed E-state index contributed by atoms with van der Waals surface area (Å²) in [7, 11) is 1.16. The highest BCUT2D eigenvalue weighted by molar-refractivity contribution is 7.45. The molecule has 0 aromatic rings. The largest absolute Gasteiger partial charge is 0.756 e. The Morgan fingerprint density at radius 1 is 0.525 bits per heavy atom. The third-order valence-corrected chi connectivity index (χ3v) is 11.7. The molecule has 0 N–H and O–H groups in total. The summed E-state index contributed by atoms with van der Waals surface area (Å²) < 4.78 is 34.0. The van der Waals surface area contributed by atoms with E-state index in [4.69, 9.17) is 18.5 Å². The first kappa shape index (κ1) is 57.5. The highest BCUT2D eigenvalue weighted by Crippen LogP contribution is 2.38. The number of ether oxygens (including phenoxy) is 2. The maximum absolute atomic E-state index is 12.7. The molecule has 0 spiro atoms. The van der Waals surface area contributed by atoms with Gasteiger partial charge in [0.2, 0.25) is 0 Å². The van der Waals surface area contributed by atoms with Gasteiger partial charge in [0.15, 0.2) is 6.10 Å². The Bertz CT molecular complexity index is 1060. The number of nitrogens with zero attached hydrogens (tertiary/aromatic N) is 1. The fourth-order valence-corrected chi connectivity index (χ4v) is 7.59. The van der Waals surface area contributed by atoms with Crippen LogP contribution in [0.3, 0.4) is 0 Å². The molecule has 0 amide bonds. The molecule has 0 aliphatic rings. The van der Waals surface area contributed by atoms with Crippen molar-refractivity contribution in [3.63, 3.8) is 0 Å². The summed E-state index contributed by atoms with van der Waals surface area (Å²) in [5.74, 6) is -0.840. The third-order valence-electron chi connectivity index (χ3n) is 10.7. The van der Waals surface area contributed by atoms with E-state index in [2.05, 4.69) is 38.2 Å². The lowest BCUT2D eigenvalue weighted by molar-refractivity contribution is -0.870. The van der Waals surface area contributed by atoms with Gasteiger partial charge in [0.05, 0.1) is 27.7 Å². The molecule has 0 aromatic heterocycles. The molecule has 0 radical (unpaired) electrons. The summed E-state index contributed by atoms with van der Waals surface area (Å²) in [6.07, 6.45) is 46.3. The number of likely N-dealkylation sites (N-methyl/N-ethyl adjacent to an activating group) is 1. The van der Waals surface area contributed by atoms with Crippen LogP contribution in [-0.2, 0) is 32.7 Å². The molecule has 2 unspecified atom stereocenters. The van der Waals surface area contributed by atoms with E-state index in [-0.39, 0.29) is 32.0 Å². The number of esters is 2. The van der Waals surface area contributed by atoms with Gasteiger partial charge in [-0.3, -0.25) is 14.2 Å². The van der Waals surface area contributed by atoms with Gasteiger partial charge in [0, 0.05) is 12.8 Å². The second-order valence-corrected chi connectivity index (χ2v) is 19.2. The van der Waals surface area contributed by atoms with Crippen LogP contribution in [0.2, 0.25) is 0 Å². The lowest BCUT2D eigenvalue weighted by Gasteiger charge is -2.28. The zero-order valence-corrected chi connectivity index (χ0v) is 40.1. The molecule has 0 heterocycles. The molecule has 2 atom stereocenters. The highest BCUT2D eigenvalue weighted by atomic mass is 31.2. The number of rotatable bonds is 45. The van der Waals surface area contributed by atoms with E-state index >= 15 is 0 Å². The fraction of sp³-hybridized carbons (Fsp3) is 0.878. The number of allylic oxidation sites excluding steroid dienone is 4. The minimum Gasteiger partial charge on any atom is -0.756 e. The van der Waals surface area contributed by atoms with Crippen LogP contribution in [0.5, 0.6) is 0 Å². The van der Waals surface area contributed by atoms with Crippen LogP contribution in [0.25, 0.3) is 0 Å². The minimum atomic E-state index is -4.63. The van der Waals surface area contributed by atoms with Gasteiger partial charge in [-0.15, -0.1) is 0 Å². The number of quaternary nitrogens is 1. The van der Waals surface area contributed by atoms with Crippen molar-refractivity contribution in [2.24, 2.45) is 0 Å². The second-order valence-electron chi connectivity index (χ2n) is 17.8. The number of hydrogen-bond acceptors (Lipinski definition) is 8. The number of carbonyl (C=O) groups excluding carboxylic acids is 2. The van der Waals surface area contributed by atoms with Crippen molar-refractivity contribution in [3.05, 3.63) is 24.3 Å². The van der Waals surface area contributed by atoms with E-state index in [1.807, 2.05) is 21.1 Å². The van der Waals surface area contributed by atoms with Gasteiger partial charge < -0.3 is 27.9 Å². The van der Waals surface area contributed by atoms with Crippen molar-refractivity contribution in [2.75, 3.05) is 47.5 Å². The van der Waals surface area contributed by atoms with Crippen LogP contribution >= 0.6 is 7.82 Å². The van der Waals surface area contributed by atoms with Gasteiger partial charge in [-0.2, -0.15) is 0 Å². The topological polar surface area (TPSA) is 111 Å². The van der Waals surface area contributed by atoms with Gasteiger partial charge in [-0.05, 0) is 44.9 Å². The van der Waals surface area contributed by atoms with Crippen molar-refractivity contribution in [2.45, 2.75) is 232 Å². The zero-order valence-electron chi connectivity index (χ0n) is 39.2. The van der Waals surface area contributed by atoms with Crippen molar-refractivity contribution < 1.29 is 42.1 Å². The summed E-state index contributed by atoms with van der Waals surface area (Å²) in [4.78, 5) is 37.6. The Labute approximate surface area is 364 Å². The zero-order chi connectivity index (χ0) is 43.6. The first-order valence-electron chi connectivity index (χ1n) is 24.5. The van der Waals surface area contributed by atoms with Gasteiger partial charge >= 0.3 is 11.9 Å². The standard InChI is InChI=1S/C49H94NO8P/c1-6-8-10-12-14-16-18-20-22-24-25-26-28-29-31-33-35-37-39-41-48(51)55-45-47(46-57-59(53,54)56-44-43-50(3,4)5)58-49(52)42-40-38-36-34-32-30-27-23-21-19-17-15-13-11-9-7-2/h17,19,23,27,47H,6-16,18,20-22,24-26,28-46H2,1-5H3/b19-17-,27-23-. The lowest BCUT2D eigenvalue weighted by Crippen LogP contribution is -2.37. The quantitative estimate of drug-likeness (QED) is 0.0196. The van der Waals surface area contributed by atoms with Crippen LogP contribution in [0.15, 0.2) is 24.3 Å². The molecule has 10 heteroatoms. The predicted octanol–water partition coefficient (Wildman–Crippen LogP) is 13.7. The van der Waals surface area contributed by atoms with E-state index in [1.165, 1.54) is 135 Å². The maximum atomic E-state index is 12.7. The second kappa shape index (κ2) is 41.8. The summed E-state index contributed by atoms with van der Waals surface area (Å²) in [5.41, 5.74) is 0. The first-order valence-corrected chi connectivity index (χ1v) is 26.0. The monoisotopic (exact) mass is 856 g/mol. The van der Waals surface area contributed by atoms with Gasteiger partial charge in [-0.1, -0.05) is 192 Å². The number of hydrogen-bond donors (Lipinski definition) is 0. The summed E-state index contributed by atoms with van der Waals surface area (Å²) >= 11 is 0. The Morgan fingerprint density at radius 3 is 1.36 bits per heavy atom. The Morgan fingerprint density at radius 2 is 0.915 bits per heavy atom.